The number of ether oxygens (including phenoxy) is 1. The maximum atomic E-state index is 6.22. The van der Waals surface area contributed by atoms with Crippen LogP contribution in [0.25, 0.3) is 21.8 Å². The normalized spacial score (nSPS) is 16.2. The number of para-hydroxylation sites is 2. The molecular formula is C29H27N3O. The van der Waals surface area contributed by atoms with Crippen LogP contribution in [0.1, 0.15) is 25.5 Å². The highest BCUT2D eigenvalue weighted by Crippen LogP contribution is 2.38. The summed E-state index contributed by atoms with van der Waals surface area (Å²) < 4.78 is 8.61. The van der Waals surface area contributed by atoms with Crippen LogP contribution in [0.3, 0.4) is 0 Å². The predicted octanol–water partition coefficient (Wildman–Crippen LogP) is 7.98. The molecule has 1 saturated heterocycles. The van der Waals surface area contributed by atoms with E-state index in [1.54, 1.807) is 0 Å². The number of nitrogens with one attached hydrogen (secondary N) is 2. The van der Waals surface area contributed by atoms with Gasteiger partial charge in [0.15, 0.2) is 0 Å². The molecule has 4 nitrogen and oxygen atoms in total. The third-order valence-corrected chi connectivity index (χ3v) is 6.37. The van der Waals surface area contributed by atoms with Crippen LogP contribution in [0.5, 0.6) is 0 Å². The molecule has 0 amide bonds. The summed E-state index contributed by atoms with van der Waals surface area (Å²) in [5.41, 5.74) is 6.77. The SMILES string of the molecule is c1ccc(Nc2ccc3c(c2)c2cc(Nc4ccccc4)ccc2n3C2CCCCO2)cc1. The molecule has 0 spiro atoms. The number of hydrogen-bond donors (Lipinski definition) is 2. The molecule has 2 N–H and O–H groups in total. The van der Waals surface area contributed by atoms with E-state index >= 15 is 0 Å². The molecule has 0 aliphatic carbocycles. The van der Waals surface area contributed by atoms with Gasteiger partial charge in [-0.15, -0.1) is 0 Å². The molecule has 1 unspecified atom stereocenters. The number of nitrogens with zero attached hydrogens (tertiary/aromatic N) is 1. The fourth-order valence-electron chi connectivity index (χ4n) is 4.82. The second-order valence-corrected chi connectivity index (χ2v) is 8.64. The molecule has 6 rings (SSSR count). The summed E-state index contributed by atoms with van der Waals surface area (Å²) in [5, 5.41) is 9.56. The topological polar surface area (TPSA) is 38.2 Å². The van der Waals surface area contributed by atoms with Gasteiger partial charge in [-0.2, -0.15) is 0 Å². The molecular weight excluding hydrogens is 406 g/mol. The van der Waals surface area contributed by atoms with Crippen LogP contribution >= 0.6 is 0 Å². The first kappa shape index (κ1) is 19.9. The van der Waals surface area contributed by atoms with Crippen LogP contribution in [-0.2, 0) is 4.74 Å². The Bertz CT molecular complexity index is 1290. The van der Waals surface area contributed by atoms with Gasteiger partial charge in [0, 0.05) is 40.1 Å². The van der Waals surface area contributed by atoms with Crippen molar-refractivity contribution in [2.24, 2.45) is 0 Å². The summed E-state index contributed by atoms with van der Waals surface area (Å²) in [6.07, 6.45) is 3.48. The van der Waals surface area contributed by atoms with Gasteiger partial charge in [-0.25, -0.2) is 0 Å². The summed E-state index contributed by atoms with van der Waals surface area (Å²) in [7, 11) is 0. The van der Waals surface area contributed by atoms with Crippen LogP contribution in [0, 0.1) is 0 Å². The second kappa shape index (κ2) is 8.64. The zero-order valence-corrected chi connectivity index (χ0v) is 18.5. The summed E-state index contributed by atoms with van der Waals surface area (Å²) in [6.45, 7) is 0.827. The minimum absolute atomic E-state index is 0.0830. The van der Waals surface area contributed by atoms with E-state index in [1.165, 1.54) is 28.2 Å². The van der Waals surface area contributed by atoms with E-state index in [-0.39, 0.29) is 6.23 Å². The van der Waals surface area contributed by atoms with Gasteiger partial charge in [-0.1, -0.05) is 36.4 Å². The van der Waals surface area contributed by atoms with Crippen molar-refractivity contribution in [3.8, 4) is 0 Å². The Balaban J connectivity index is 1.48. The van der Waals surface area contributed by atoms with Gasteiger partial charge in [0.05, 0.1) is 11.0 Å². The minimum Gasteiger partial charge on any atom is -0.358 e. The minimum atomic E-state index is 0.0830. The van der Waals surface area contributed by atoms with E-state index in [9.17, 15) is 0 Å². The van der Waals surface area contributed by atoms with E-state index < -0.39 is 0 Å². The number of hydrogen-bond acceptors (Lipinski definition) is 3. The predicted molar refractivity (Wildman–Crippen MR) is 138 cm³/mol. The highest BCUT2D eigenvalue weighted by Gasteiger charge is 2.21. The molecule has 1 aliphatic rings. The van der Waals surface area contributed by atoms with Crippen molar-refractivity contribution in [3.63, 3.8) is 0 Å². The van der Waals surface area contributed by atoms with Gasteiger partial charge in [-0.3, -0.25) is 0 Å². The van der Waals surface area contributed by atoms with Crippen molar-refractivity contribution < 1.29 is 4.74 Å². The number of fused-ring (bicyclic) bond motifs is 3. The first-order valence-corrected chi connectivity index (χ1v) is 11.7. The maximum Gasteiger partial charge on any atom is 0.134 e. The molecule has 2 heterocycles. The van der Waals surface area contributed by atoms with Crippen molar-refractivity contribution in [2.75, 3.05) is 17.2 Å². The van der Waals surface area contributed by atoms with Crippen LogP contribution in [0.2, 0.25) is 0 Å². The fraction of sp³-hybridized carbons (Fsp3) is 0.172. The van der Waals surface area contributed by atoms with Crippen molar-refractivity contribution >= 4 is 44.6 Å². The average molecular weight is 434 g/mol. The Morgan fingerprint density at radius 2 is 1.15 bits per heavy atom. The molecule has 1 atom stereocenters. The lowest BCUT2D eigenvalue weighted by molar-refractivity contribution is -0.0267. The molecule has 164 valence electrons. The monoisotopic (exact) mass is 433 g/mol. The molecule has 0 saturated carbocycles. The average Bonchev–Trinajstić information content (AvgIpc) is 3.19. The van der Waals surface area contributed by atoms with Gasteiger partial charge in [-0.05, 0) is 79.9 Å². The van der Waals surface area contributed by atoms with Crippen LogP contribution in [-0.4, -0.2) is 11.2 Å². The van der Waals surface area contributed by atoms with E-state index in [0.29, 0.717) is 0 Å². The van der Waals surface area contributed by atoms with E-state index in [1.807, 2.05) is 12.1 Å². The molecule has 1 fully saturated rings. The zero-order valence-electron chi connectivity index (χ0n) is 18.5. The summed E-state index contributed by atoms with van der Waals surface area (Å²) in [6, 6.07) is 33.9. The van der Waals surface area contributed by atoms with Gasteiger partial charge < -0.3 is 19.9 Å². The van der Waals surface area contributed by atoms with Crippen molar-refractivity contribution in [3.05, 3.63) is 97.1 Å². The largest absolute Gasteiger partial charge is 0.358 e. The second-order valence-electron chi connectivity index (χ2n) is 8.64. The maximum absolute atomic E-state index is 6.22. The lowest BCUT2D eigenvalue weighted by atomic mass is 10.1. The van der Waals surface area contributed by atoms with Crippen molar-refractivity contribution in [1.82, 2.24) is 4.57 Å². The van der Waals surface area contributed by atoms with Gasteiger partial charge in [0.25, 0.3) is 0 Å². The smallest absolute Gasteiger partial charge is 0.134 e. The highest BCUT2D eigenvalue weighted by atomic mass is 16.5. The number of benzene rings is 4. The van der Waals surface area contributed by atoms with Crippen molar-refractivity contribution in [1.29, 1.82) is 0 Å². The molecule has 5 aromatic rings. The molecule has 33 heavy (non-hydrogen) atoms. The standard InChI is InChI=1S/C29H27N3O/c1-3-9-21(10-4-1)30-23-14-16-27-25(19-23)26-20-24(31-22-11-5-2-6-12-22)15-17-28(26)32(27)29-13-7-8-18-33-29/h1-6,9-12,14-17,19-20,29-31H,7-8,13,18H2. The molecule has 4 heteroatoms. The first-order chi connectivity index (χ1) is 16.3. The fourth-order valence-corrected chi connectivity index (χ4v) is 4.82. The Morgan fingerprint density at radius 3 is 1.64 bits per heavy atom. The van der Waals surface area contributed by atoms with Crippen LogP contribution in [0.15, 0.2) is 97.1 Å². The molecule has 0 bridgehead atoms. The third kappa shape index (κ3) is 3.94. The lowest BCUT2D eigenvalue weighted by Gasteiger charge is -2.25. The Hall–Kier alpha value is -3.76. The van der Waals surface area contributed by atoms with Crippen molar-refractivity contribution in [2.45, 2.75) is 25.5 Å². The van der Waals surface area contributed by atoms with Gasteiger partial charge in [0.1, 0.15) is 6.23 Å². The lowest BCUT2D eigenvalue weighted by Crippen LogP contribution is -2.17. The van der Waals surface area contributed by atoms with E-state index in [4.69, 9.17) is 4.74 Å². The Kier molecular flexibility index (Phi) is 5.21. The van der Waals surface area contributed by atoms with E-state index in [0.717, 1.165) is 42.2 Å². The summed E-state index contributed by atoms with van der Waals surface area (Å²) in [4.78, 5) is 0. The van der Waals surface area contributed by atoms with Gasteiger partial charge >= 0.3 is 0 Å². The quantitative estimate of drug-likeness (QED) is 0.295. The Labute approximate surface area is 193 Å². The number of rotatable bonds is 5. The molecule has 0 radical (unpaired) electrons. The molecule has 1 aromatic heterocycles. The summed E-state index contributed by atoms with van der Waals surface area (Å²) >= 11 is 0. The number of anilines is 4. The highest BCUT2D eigenvalue weighted by molar-refractivity contribution is 6.10. The van der Waals surface area contributed by atoms with Crippen LogP contribution < -0.4 is 10.6 Å². The molecule has 4 aromatic carbocycles. The Morgan fingerprint density at radius 1 is 0.606 bits per heavy atom. The zero-order chi connectivity index (χ0) is 22.0. The van der Waals surface area contributed by atoms with Gasteiger partial charge in [0.2, 0.25) is 0 Å². The summed E-state index contributed by atoms with van der Waals surface area (Å²) in [5.74, 6) is 0. The number of aromatic nitrogens is 1. The van der Waals surface area contributed by atoms with E-state index in [2.05, 4.69) is 100 Å². The van der Waals surface area contributed by atoms with Crippen LogP contribution in [0.4, 0.5) is 22.7 Å². The first-order valence-electron chi connectivity index (χ1n) is 11.7. The molecule has 1 aliphatic heterocycles. The third-order valence-electron chi connectivity index (χ3n) is 6.37.